The summed E-state index contributed by atoms with van der Waals surface area (Å²) in [5.74, 6) is -1.39. The van der Waals surface area contributed by atoms with Gasteiger partial charge >= 0.3 is 11.9 Å². The first kappa shape index (κ1) is 17.4. The SMILES string of the molecule is Cl.N[C@@H](CCCC(=O)OCc1ccccc1)C(=O)O. The monoisotopic (exact) mass is 287 g/mol. The molecular formula is C13H18ClNO4. The second-order valence-electron chi connectivity index (χ2n) is 3.98. The first-order valence-corrected chi connectivity index (χ1v) is 5.77. The van der Waals surface area contributed by atoms with Crippen molar-refractivity contribution in [1.82, 2.24) is 0 Å². The van der Waals surface area contributed by atoms with Crippen molar-refractivity contribution in [3.8, 4) is 0 Å². The number of hydrogen-bond acceptors (Lipinski definition) is 4. The summed E-state index contributed by atoms with van der Waals surface area (Å²) in [5.41, 5.74) is 6.24. The van der Waals surface area contributed by atoms with Crippen LogP contribution in [0.4, 0.5) is 0 Å². The third kappa shape index (κ3) is 7.43. The molecule has 1 aromatic carbocycles. The maximum Gasteiger partial charge on any atom is 0.320 e. The van der Waals surface area contributed by atoms with E-state index in [4.69, 9.17) is 15.6 Å². The molecular weight excluding hydrogens is 270 g/mol. The van der Waals surface area contributed by atoms with Crippen LogP contribution in [0.3, 0.4) is 0 Å². The number of halogens is 1. The Morgan fingerprint density at radius 2 is 1.89 bits per heavy atom. The summed E-state index contributed by atoms with van der Waals surface area (Å²) in [7, 11) is 0. The lowest BCUT2D eigenvalue weighted by atomic mass is 10.1. The zero-order valence-electron chi connectivity index (χ0n) is 10.5. The predicted octanol–water partition coefficient (Wildman–Crippen LogP) is 1.73. The Bertz CT molecular complexity index is 397. The van der Waals surface area contributed by atoms with Gasteiger partial charge in [-0.3, -0.25) is 9.59 Å². The van der Waals surface area contributed by atoms with Gasteiger partial charge in [0.2, 0.25) is 0 Å². The van der Waals surface area contributed by atoms with Crippen molar-refractivity contribution >= 4 is 24.3 Å². The summed E-state index contributed by atoms with van der Waals surface area (Å²) in [6.07, 6.45) is 0.880. The lowest BCUT2D eigenvalue weighted by Gasteiger charge is -2.06. The van der Waals surface area contributed by atoms with Crippen molar-refractivity contribution in [2.75, 3.05) is 0 Å². The predicted molar refractivity (Wildman–Crippen MR) is 72.9 cm³/mol. The smallest absolute Gasteiger partial charge is 0.320 e. The Balaban J connectivity index is 0.00000324. The second kappa shape index (κ2) is 9.35. The largest absolute Gasteiger partial charge is 0.480 e. The molecule has 0 fully saturated rings. The third-order valence-corrected chi connectivity index (χ3v) is 2.46. The van der Waals surface area contributed by atoms with Crippen molar-refractivity contribution in [1.29, 1.82) is 0 Å². The molecule has 0 aliphatic rings. The van der Waals surface area contributed by atoms with E-state index in [1.165, 1.54) is 0 Å². The fourth-order valence-electron chi connectivity index (χ4n) is 1.40. The van der Waals surface area contributed by atoms with Crippen LogP contribution in [0.25, 0.3) is 0 Å². The molecule has 0 saturated carbocycles. The number of aliphatic carboxylic acids is 1. The summed E-state index contributed by atoms with van der Waals surface area (Å²) in [6, 6.07) is 8.45. The van der Waals surface area contributed by atoms with Crippen LogP contribution in [0.5, 0.6) is 0 Å². The topological polar surface area (TPSA) is 89.6 Å². The van der Waals surface area contributed by atoms with Gasteiger partial charge in [-0.05, 0) is 18.4 Å². The standard InChI is InChI=1S/C13H17NO4.ClH/c14-11(13(16)17)7-4-8-12(15)18-9-10-5-2-1-3-6-10;/h1-3,5-6,11H,4,7-9,14H2,(H,16,17);1H/t11-;/m0./s1. The Morgan fingerprint density at radius 1 is 1.26 bits per heavy atom. The van der Waals surface area contributed by atoms with Crippen molar-refractivity contribution in [3.63, 3.8) is 0 Å². The van der Waals surface area contributed by atoms with E-state index >= 15 is 0 Å². The molecule has 0 aromatic heterocycles. The number of esters is 1. The van der Waals surface area contributed by atoms with Crippen LogP contribution in [-0.4, -0.2) is 23.1 Å². The highest BCUT2D eigenvalue weighted by molar-refractivity contribution is 5.85. The van der Waals surface area contributed by atoms with Crippen LogP contribution in [0, 0.1) is 0 Å². The van der Waals surface area contributed by atoms with E-state index in [1.807, 2.05) is 30.3 Å². The fourth-order valence-corrected chi connectivity index (χ4v) is 1.40. The Hall–Kier alpha value is -1.59. The maximum absolute atomic E-state index is 11.4. The van der Waals surface area contributed by atoms with Crippen LogP contribution in [0.2, 0.25) is 0 Å². The van der Waals surface area contributed by atoms with E-state index in [-0.39, 0.29) is 37.8 Å². The molecule has 6 heteroatoms. The van der Waals surface area contributed by atoms with Crippen LogP contribution in [-0.2, 0) is 20.9 Å². The molecule has 1 rings (SSSR count). The van der Waals surface area contributed by atoms with Gasteiger partial charge < -0.3 is 15.6 Å². The second-order valence-corrected chi connectivity index (χ2v) is 3.98. The minimum absolute atomic E-state index is 0. The van der Waals surface area contributed by atoms with E-state index in [0.717, 1.165) is 5.56 Å². The maximum atomic E-state index is 11.4. The lowest BCUT2D eigenvalue weighted by Crippen LogP contribution is -2.29. The molecule has 0 heterocycles. The number of rotatable bonds is 7. The molecule has 0 unspecified atom stereocenters. The van der Waals surface area contributed by atoms with Gasteiger partial charge in [-0.1, -0.05) is 30.3 Å². The molecule has 0 aliphatic carbocycles. The summed E-state index contributed by atoms with van der Waals surface area (Å²) in [5, 5.41) is 8.56. The van der Waals surface area contributed by atoms with Crippen LogP contribution < -0.4 is 5.73 Å². The number of ether oxygens (including phenoxy) is 1. The third-order valence-electron chi connectivity index (χ3n) is 2.46. The van der Waals surface area contributed by atoms with Crippen LogP contribution in [0.15, 0.2) is 30.3 Å². The highest BCUT2D eigenvalue weighted by Gasteiger charge is 2.12. The minimum atomic E-state index is -1.05. The van der Waals surface area contributed by atoms with Crippen molar-refractivity contribution in [3.05, 3.63) is 35.9 Å². The molecule has 0 bridgehead atoms. The van der Waals surface area contributed by atoms with E-state index in [9.17, 15) is 9.59 Å². The van der Waals surface area contributed by atoms with Gasteiger partial charge in [0.05, 0.1) is 0 Å². The van der Waals surface area contributed by atoms with Gasteiger partial charge in [0.15, 0.2) is 0 Å². The zero-order chi connectivity index (χ0) is 13.4. The molecule has 1 atom stereocenters. The number of carbonyl (C=O) groups excluding carboxylic acids is 1. The molecule has 0 aliphatic heterocycles. The van der Waals surface area contributed by atoms with Gasteiger partial charge in [-0.2, -0.15) is 0 Å². The number of carboxylic acid groups (broad SMARTS) is 1. The Labute approximate surface area is 118 Å². The highest BCUT2D eigenvalue weighted by atomic mass is 35.5. The molecule has 1 aromatic rings. The Morgan fingerprint density at radius 3 is 2.47 bits per heavy atom. The van der Waals surface area contributed by atoms with Crippen LogP contribution in [0.1, 0.15) is 24.8 Å². The van der Waals surface area contributed by atoms with E-state index in [2.05, 4.69) is 0 Å². The van der Waals surface area contributed by atoms with Crippen molar-refractivity contribution in [2.24, 2.45) is 5.73 Å². The van der Waals surface area contributed by atoms with Gasteiger partial charge in [-0.25, -0.2) is 0 Å². The molecule has 3 N–H and O–H groups in total. The van der Waals surface area contributed by atoms with E-state index in [1.54, 1.807) is 0 Å². The summed E-state index contributed by atoms with van der Waals surface area (Å²) < 4.78 is 5.04. The molecule has 0 spiro atoms. The van der Waals surface area contributed by atoms with Gasteiger partial charge in [0.1, 0.15) is 12.6 Å². The molecule has 0 saturated heterocycles. The number of carboxylic acids is 1. The average Bonchev–Trinajstić information content (AvgIpc) is 2.37. The average molecular weight is 288 g/mol. The molecule has 0 amide bonds. The summed E-state index contributed by atoms with van der Waals surface area (Å²) >= 11 is 0. The number of benzene rings is 1. The molecule has 19 heavy (non-hydrogen) atoms. The number of carbonyl (C=O) groups is 2. The normalized spacial score (nSPS) is 11.2. The molecule has 106 valence electrons. The first-order valence-electron chi connectivity index (χ1n) is 5.77. The number of hydrogen-bond donors (Lipinski definition) is 2. The van der Waals surface area contributed by atoms with Crippen LogP contribution >= 0.6 is 12.4 Å². The number of nitrogens with two attached hydrogens (primary N) is 1. The fraction of sp³-hybridized carbons (Fsp3) is 0.385. The van der Waals surface area contributed by atoms with Crippen molar-refractivity contribution in [2.45, 2.75) is 31.9 Å². The zero-order valence-corrected chi connectivity index (χ0v) is 11.3. The molecule has 5 nitrogen and oxygen atoms in total. The van der Waals surface area contributed by atoms with Crippen molar-refractivity contribution < 1.29 is 19.4 Å². The van der Waals surface area contributed by atoms with Gasteiger partial charge in [0.25, 0.3) is 0 Å². The minimum Gasteiger partial charge on any atom is -0.480 e. The summed E-state index contributed by atoms with van der Waals surface area (Å²) in [4.78, 5) is 21.8. The van der Waals surface area contributed by atoms with Gasteiger partial charge in [-0.15, -0.1) is 12.4 Å². The van der Waals surface area contributed by atoms with Gasteiger partial charge in [0, 0.05) is 6.42 Å². The lowest BCUT2D eigenvalue weighted by molar-refractivity contribution is -0.145. The summed E-state index contributed by atoms with van der Waals surface area (Å²) in [6.45, 7) is 0.241. The quantitative estimate of drug-likeness (QED) is 0.746. The Kier molecular flexibility index (Phi) is 8.57. The van der Waals surface area contributed by atoms with E-state index < -0.39 is 12.0 Å². The van der Waals surface area contributed by atoms with E-state index in [0.29, 0.717) is 6.42 Å². The first-order chi connectivity index (χ1) is 8.59. The molecule has 0 radical (unpaired) electrons. The highest BCUT2D eigenvalue weighted by Crippen LogP contribution is 2.05.